The number of alkyl halides is 2. The van der Waals surface area contributed by atoms with Gasteiger partial charge in [0, 0.05) is 13.0 Å². The summed E-state index contributed by atoms with van der Waals surface area (Å²) in [6.07, 6.45) is 2.01. The lowest BCUT2D eigenvalue weighted by molar-refractivity contribution is -0.148. The molecule has 0 saturated heterocycles. The highest BCUT2D eigenvalue weighted by Gasteiger charge is 2.09. The van der Waals surface area contributed by atoms with Crippen molar-refractivity contribution in [2.75, 3.05) is 13.2 Å². The number of rotatable bonds is 11. The third-order valence-corrected chi connectivity index (χ3v) is 5.45. The Balaban J connectivity index is 1.28. The predicted molar refractivity (Wildman–Crippen MR) is 113 cm³/mol. The fraction of sp³-hybridized carbons (Fsp3) is 0.318. The van der Waals surface area contributed by atoms with E-state index < -0.39 is 18.5 Å². The molecule has 0 atom stereocenters. The number of ether oxygens (including phenoxy) is 2. The first-order valence-electron chi connectivity index (χ1n) is 9.80. The molecule has 0 bridgehead atoms. The molecule has 0 fully saturated rings. The van der Waals surface area contributed by atoms with Gasteiger partial charge in [-0.05, 0) is 49.1 Å². The van der Waals surface area contributed by atoms with Crippen LogP contribution < -0.4 is 10.1 Å². The Labute approximate surface area is 182 Å². The summed E-state index contributed by atoms with van der Waals surface area (Å²) < 4.78 is 34.6. The first-order valence-corrected chi connectivity index (χ1v) is 10.6. The van der Waals surface area contributed by atoms with Crippen LogP contribution in [0.25, 0.3) is 10.2 Å². The zero-order valence-electron chi connectivity index (χ0n) is 16.7. The molecule has 6 nitrogen and oxygen atoms in total. The van der Waals surface area contributed by atoms with Crippen LogP contribution in [0.2, 0.25) is 0 Å². The van der Waals surface area contributed by atoms with Crippen molar-refractivity contribution in [1.82, 2.24) is 10.3 Å². The van der Waals surface area contributed by atoms with Gasteiger partial charge in [-0.15, -0.1) is 11.3 Å². The number of thiazole rings is 1. The van der Waals surface area contributed by atoms with Crippen LogP contribution in [0, 0.1) is 0 Å². The van der Waals surface area contributed by atoms with Crippen molar-refractivity contribution >= 4 is 33.4 Å². The van der Waals surface area contributed by atoms with Gasteiger partial charge in [0.15, 0.2) is 6.61 Å². The van der Waals surface area contributed by atoms with Crippen LogP contribution in [0.15, 0.2) is 48.5 Å². The van der Waals surface area contributed by atoms with Gasteiger partial charge in [-0.1, -0.05) is 24.3 Å². The quantitative estimate of drug-likeness (QED) is 0.447. The van der Waals surface area contributed by atoms with Crippen LogP contribution in [0.4, 0.5) is 8.78 Å². The topological polar surface area (TPSA) is 77.5 Å². The third-order valence-electron chi connectivity index (χ3n) is 4.36. The number of nitrogens with one attached hydrogen (secondary N) is 1. The van der Waals surface area contributed by atoms with Crippen molar-refractivity contribution in [3.8, 4) is 5.75 Å². The molecule has 31 heavy (non-hydrogen) atoms. The second-order valence-corrected chi connectivity index (χ2v) is 7.83. The van der Waals surface area contributed by atoms with E-state index in [4.69, 9.17) is 4.74 Å². The molecule has 164 valence electrons. The maximum atomic E-state index is 12.1. The first-order chi connectivity index (χ1) is 15.0. The van der Waals surface area contributed by atoms with E-state index in [0.29, 0.717) is 25.8 Å². The second kappa shape index (κ2) is 11.4. The van der Waals surface area contributed by atoms with E-state index in [1.807, 2.05) is 24.3 Å². The number of fused-ring (bicyclic) bond motifs is 1. The zero-order valence-corrected chi connectivity index (χ0v) is 17.5. The molecular formula is C22H22F2N2O4S. The summed E-state index contributed by atoms with van der Waals surface area (Å²) >= 11 is 1.61. The number of para-hydroxylation sites is 1. The second-order valence-electron chi connectivity index (χ2n) is 6.71. The van der Waals surface area contributed by atoms with Gasteiger partial charge in [0.25, 0.3) is 5.91 Å². The lowest BCUT2D eigenvalue weighted by Gasteiger charge is -2.08. The number of aryl methyl sites for hydroxylation is 1. The average molecular weight is 448 g/mol. The maximum absolute atomic E-state index is 12.1. The number of carbonyl (C=O) groups is 2. The van der Waals surface area contributed by atoms with Gasteiger partial charge < -0.3 is 14.8 Å². The SMILES string of the molecule is O=C(COC(=O)CCCc1nc2ccccc2s1)NCCc1ccc(OC(F)F)cc1. The molecule has 0 aliphatic carbocycles. The van der Waals surface area contributed by atoms with Gasteiger partial charge in [0.1, 0.15) is 5.75 Å². The van der Waals surface area contributed by atoms with Crippen molar-refractivity contribution < 1.29 is 27.8 Å². The van der Waals surface area contributed by atoms with Gasteiger partial charge in [-0.25, -0.2) is 4.98 Å². The Morgan fingerprint density at radius 3 is 2.58 bits per heavy atom. The highest BCUT2D eigenvalue weighted by molar-refractivity contribution is 7.18. The summed E-state index contributed by atoms with van der Waals surface area (Å²) in [7, 11) is 0. The molecule has 0 aliphatic heterocycles. The minimum atomic E-state index is -2.86. The van der Waals surface area contributed by atoms with E-state index in [2.05, 4.69) is 15.0 Å². The number of esters is 1. The van der Waals surface area contributed by atoms with Gasteiger partial charge in [-0.2, -0.15) is 8.78 Å². The highest BCUT2D eigenvalue weighted by Crippen LogP contribution is 2.22. The predicted octanol–water partition coefficient (Wildman–Crippen LogP) is 4.12. The Morgan fingerprint density at radius 1 is 1.06 bits per heavy atom. The van der Waals surface area contributed by atoms with Gasteiger partial charge in [0.2, 0.25) is 0 Å². The Kier molecular flexibility index (Phi) is 8.28. The van der Waals surface area contributed by atoms with E-state index in [1.54, 1.807) is 23.5 Å². The van der Waals surface area contributed by atoms with Crippen LogP contribution in [0.3, 0.4) is 0 Å². The van der Waals surface area contributed by atoms with Crippen molar-refractivity contribution in [2.24, 2.45) is 0 Å². The van der Waals surface area contributed by atoms with Crippen LogP contribution in [-0.2, 0) is 27.2 Å². The number of benzene rings is 2. The van der Waals surface area contributed by atoms with Crippen LogP contribution in [0.1, 0.15) is 23.4 Å². The summed E-state index contributed by atoms with van der Waals surface area (Å²) in [5.41, 5.74) is 1.81. The number of amides is 1. The number of halogens is 2. The summed E-state index contributed by atoms with van der Waals surface area (Å²) in [6.45, 7) is -2.86. The molecule has 2 aromatic carbocycles. The number of aromatic nitrogens is 1. The standard InChI is InChI=1S/C22H22F2N2O4S/c23-22(24)30-16-10-8-15(9-11-16)12-13-25-19(27)14-29-21(28)7-3-6-20-26-17-4-1-2-5-18(17)31-20/h1-2,4-5,8-11,22H,3,6-7,12-14H2,(H,25,27). The molecule has 1 amide bonds. The van der Waals surface area contributed by atoms with Crippen molar-refractivity contribution in [3.63, 3.8) is 0 Å². The molecule has 3 aromatic rings. The maximum Gasteiger partial charge on any atom is 0.387 e. The molecule has 0 aliphatic rings. The van der Waals surface area contributed by atoms with E-state index in [-0.39, 0.29) is 18.8 Å². The van der Waals surface area contributed by atoms with Gasteiger partial charge in [0.05, 0.1) is 15.2 Å². The highest BCUT2D eigenvalue weighted by atomic mass is 32.1. The molecule has 3 rings (SSSR count). The minimum Gasteiger partial charge on any atom is -0.456 e. The Morgan fingerprint density at radius 2 is 1.84 bits per heavy atom. The van der Waals surface area contributed by atoms with E-state index in [9.17, 15) is 18.4 Å². The lowest BCUT2D eigenvalue weighted by atomic mass is 10.1. The Hall–Kier alpha value is -3.07. The molecule has 0 unspecified atom stereocenters. The van der Waals surface area contributed by atoms with Crippen LogP contribution in [-0.4, -0.2) is 36.6 Å². The minimum absolute atomic E-state index is 0.0813. The molecule has 9 heteroatoms. The molecule has 0 radical (unpaired) electrons. The van der Waals surface area contributed by atoms with Gasteiger partial charge >= 0.3 is 12.6 Å². The van der Waals surface area contributed by atoms with E-state index in [1.165, 1.54) is 12.1 Å². The number of hydrogen-bond donors (Lipinski definition) is 1. The molecule has 1 N–H and O–H groups in total. The van der Waals surface area contributed by atoms with Crippen LogP contribution in [0.5, 0.6) is 5.75 Å². The summed E-state index contributed by atoms with van der Waals surface area (Å²) in [6, 6.07) is 14.1. The average Bonchev–Trinajstić information content (AvgIpc) is 3.16. The molecule has 0 spiro atoms. The Bertz CT molecular complexity index is 975. The fourth-order valence-electron chi connectivity index (χ4n) is 2.86. The first kappa shape index (κ1) is 22.6. The number of carbonyl (C=O) groups excluding carboxylic acids is 2. The smallest absolute Gasteiger partial charge is 0.387 e. The summed E-state index contributed by atoms with van der Waals surface area (Å²) in [4.78, 5) is 28.2. The third kappa shape index (κ3) is 7.60. The van der Waals surface area contributed by atoms with Crippen molar-refractivity contribution in [2.45, 2.75) is 32.3 Å². The lowest BCUT2D eigenvalue weighted by Crippen LogP contribution is -2.30. The number of hydrogen-bond acceptors (Lipinski definition) is 6. The van der Waals surface area contributed by atoms with E-state index in [0.717, 1.165) is 20.8 Å². The zero-order chi connectivity index (χ0) is 22.1. The largest absolute Gasteiger partial charge is 0.456 e. The molecule has 0 saturated carbocycles. The van der Waals surface area contributed by atoms with Crippen molar-refractivity contribution in [3.05, 3.63) is 59.1 Å². The molecular weight excluding hydrogens is 426 g/mol. The van der Waals surface area contributed by atoms with Crippen LogP contribution >= 0.6 is 11.3 Å². The van der Waals surface area contributed by atoms with Crippen molar-refractivity contribution in [1.29, 1.82) is 0 Å². The van der Waals surface area contributed by atoms with E-state index >= 15 is 0 Å². The summed E-state index contributed by atoms with van der Waals surface area (Å²) in [5.74, 6) is -0.735. The fourth-order valence-corrected chi connectivity index (χ4v) is 3.87. The summed E-state index contributed by atoms with van der Waals surface area (Å²) in [5, 5.41) is 3.63. The molecule has 1 heterocycles. The normalized spacial score (nSPS) is 10.9. The number of nitrogens with zero attached hydrogens (tertiary/aromatic N) is 1. The van der Waals surface area contributed by atoms with Gasteiger partial charge in [-0.3, -0.25) is 9.59 Å². The monoisotopic (exact) mass is 448 g/mol. The molecule has 1 aromatic heterocycles.